The zero-order chi connectivity index (χ0) is 30.7. The van der Waals surface area contributed by atoms with E-state index in [1.807, 2.05) is 0 Å². The molecule has 0 N–H and O–H groups in total. The van der Waals surface area contributed by atoms with Gasteiger partial charge in [0.2, 0.25) is 0 Å². The predicted molar refractivity (Wildman–Crippen MR) is 147 cm³/mol. The van der Waals surface area contributed by atoms with Gasteiger partial charge in [0.25, 0.3) is 0 Å². The topological polar surface area (TPSA) is 27.7 Å². The highest BCUT2D eigenvalue weighted by Gasteiger charge is 2.34. The molecule has 0 atom stereocenters. The van der Waals surface area contributed by atoms with E-state index in [2.05, 4.69) is 0 Å². The van der Waals surface area contributed by atoms with Crippen LogP contribution in [0.25, 0.3) is 33.4 Å². The zero-order valence-corrected chi connectivity index (χ0v) is 23.0. The van der Waals surface area contributed by atoms with Gasteiger partial charge in [0, 0.05) is 41.9 Å². The lowest BCUT2D eigenvalue weighted by atomic mass is 9.96. The van der Waals surface area contributed by atoms with Crippen LogP contribution in [0.2, 0.25) is 0 Å². The molecule has 10 heteroatoms. The highest BCUT2D eigenvalue weighted by atomic mass is 19.4. The van der Waals surface area contributed by atoms with Gasteiger partial charge in [-0.15, -0.1) is 0 Å². The number of halogens is 7. The molecule has 0 amide bonds. The molecule has 226 valence electrons. The lowest BCUT2D eigenvalue weighted by Crippen LogP contribution is -2.27. The van der Waals surface area contributed by atoms with Gasteiger partial charge < -0.3 is 14.2 Å². The Morgan fingerprint density at radius 1 is 0.674 bits per heavy atom. The molecule has 0 saturated carbocycles. The molecule has 1 fully saturated rings. The van der Waals surface area contributed by atoms with E-state index in [1.165, 1.54) is 36.4 Å². The van der Waals surface area contributed by atoms with Crippen molar-refractivity contribution < 1.29 is 44.9 Å². The fourth-order valence-corrected chi connectivity index (χ4v) is 5.08. The molecule has 1 aliphatic rings. The van der Waals surface area contributed by atoms with Crippen molar-refractivity contribution in [2.24, 2.45) is 5.92 Å². The van der Waals surface area contributed by atoms with Crippen molar-refractivity contribution in [1.29, 1.82) is 0 Å². The molecule has 5 rings (SSSR count). The van der Waals surface area contributed by atoms with Gasteiger partial charge in [-0.2, -0.15) is 13.2 Å². The molecule has 4 aromatic rings. The van der Waals surface area contributed by atoms with Crippen LogP contribution < -0.4 is 0 Å². The van der Waals surface area contributed by atoms with Crippen molar-refractivity contribution in [3.63, 3.8) is 0 Å². The number of hydrogen-bond acceptors (Lipinski definition) is 3. The molecule has 0 radical (unpaired) electrons. The third-order valence-corrected chi connectivity index (χ3v) is 7.34. The third kappa shape index (κ3) is 6.92. The van der Waals surface area contributed by atoms with Crippen molar-refractivity contribution >= 4 is 0 Å². The van der Waals surface area contributed by atoms with E-state index in [1.54, 1.807) is 13.2 Å². The minimum absolute atomic E-state index is 0.0221. The lowest BCUT2D eigenvalue weighted by molar-refractivity contribution is -0.206. The van der Waals surface area contributed by atoms with Crippen LogP contribution in [-0.2, 0) is 20.4 Å². The Labute approximate surface area is 243 Å². The summed E-state index contributed by atoms with van der Waals surface area (Å²) in [5.41, 5.74) is -0.649. The number of hydrogen-bond donors (Lipinski definition) is 0. The number of alkyl halides is 3. The average molecular weight is 605 g/mol. The first-order valence-corrected chi connectivity index (χ1v) is 13.5. The van der Waals surface area contributed by atoms with E-state index in [0.717, 1.165) is 31.0 Å². The van der Waals surface area contributed by atoms with Crippen molar-refractivity contribution in [1.82, 2.24) is 0 Å². The van der Waals surface area contributed by atoms with Gasteiger partial charge in [-0.05, 0) is 59.9 Å². The molecule has 1 heterocycles. The normalized spacial score (nSPS) is 17.3. The van der Waals surface area contributed by atoms with Crippen LogP contribution in [0.4, 0.5) is 30.7 Å². The SMILES string of the molecule is COCCCC1COC(c2ccc(-c3ccc(-c4ccc(-c5ccc(C(F)(F)F)c(F)c5)c(F)c4)c(F)c3)c(F)c2)OC1. The maximum absolute atomic E-state index is 15.2. The Balaban J connectivity index is 1.31. The molecule has 0 bridgehead atoms. The van der Waals surface area contributed by atoms with E-state index in [0.29, 0.717) is 37.5 Å². The maximum Gasteiger partial charge on any atom is 0.419 e. The summed E-state index contributed by atoms with van der Waals surface area (Å²) in [6.07, 6.45) is -3.81. The van der Waals surface area contributed by atoms with E-state index in [9.17, 15) is 22.0 Å². The van der Waals surface area contributed by atoms with Crippen molar-refractivity contribution in [3.8, 4) is 33.4 Å². The molecule has 43 heavy (non-hydrogen) atoms. The molecule has 1 saturated heterocycles. The van der Waals surface area contributed by atoms with Gasteiger partial charge in [-0.3, -0.25) is 0 Å². The van der Waals surface area contributed by atoms with Crippen LogP contribution in [0, 0.1) is 29.2 Å². The van der Waals surface area contributed by atoms with Crippen LogP contribution in [0.15, 0.2) is 72.8 Å². The summed E-state index contributed by atoms with van der Waals surface area (Å²) in [6, 6.07) is 14.2. The van der Waals surface area contributed by atoms with Crippen LogP contribution in [0.5, 0.6) is 0 Å². The molecule has 0 unspecified atom stereocenters. The standard InChI is InChI=1S/C33H27F7O3/c1-41-12-2-3-19-17-42-32(43-18-19)23-6-10-26(30(36)16-23)21-4-8-24(28(34)14-21)20-5-9-25(29(35)13-20)22-7-11-27(31(37)15-22)33(38,39)40/h4-11,13-16,19,32H,2-3,12,17-18H2,1H3. The fourth-order valence-electron chi connectivity index (χ4n) is 5.08. The summed E-state index contributed by atoms with van der Waals surface area (Å²) in [6.45, 7) is 1.62. The highest BCUT2D eigenvalue weighted by Crippen LogP contribution is 2.36. The number of methoxy groups -OCH3 is 1. The largest absolute Gasteiger partial charge is 0.419 e. The Bertz CT molecular complexity index is 1590. The molecular weight excluding hydrogens is 577 g/mol. The second kappa shape index (κ2) is 12.9. The van der Waals surface area contributed by atoms with Crippen LogP contribution in [0.3, 0.4) is 0 Å². The summed E-state index contributed by atoms with van der Waals surface area (Å²) < 4.78 is 114. The molecular formula is C33H27F7O3. The molecule has 4 aromatic carbocycles. The molecule has 1 aliphatic heterocycles. The summed E-state index contributed by atoms with van der Waals surface area (Å²) in [5, 5.41) is 0. The van der Waals surface area contributed by atoms with Gasteiger partial charge in [0.05, 0.1) is 18.8 Å². The minimum atomic E-state index is -4.88. The third-order valence-electron chi connectivity index (χ3n) is 7.34. The van der Waals surface area contributed by atoms with E-state index >= 15 is 8.78 Å². The first-order chi connectivity index (χ1) is 20.5. The van der Waals surface area contributed by atoms with E-state index in [4.69, 9.17) is 14.2 Å². The van der Waals surface area contributed by atoms with Crippen molar-refractivity contribution in [2.45, 2.75) is 25.3 Å². The Morgan fingerprint density at radius 3 is 1.63 bits per heavy atom. The zero-order valence-electron chi connectivity index (χ0n) is 23.0. The predicted octanol–water partition coefficient (Wildman–Crippen LogP) is 9.35. The first-order valence-electron chi connectivity index (χ1n) is 13.5. The smallest absolute Gasteiger partial charge is 0.385 e. The Hall–Kier alpha value is -3.73. The molecule has 0 aliphatic carbocycles. The second-order valence-corrected chi connectivity index (χ2v) is 10.3. The van der Waals surface area contributed by atoms with E-state index < -0.39 is 41.3 Å². The maximum atomic E-state index is 15.2. The summed E-state index contributed by atoms with van der Waals surface area (Å²) in [7, 11) is 1.65. The van der Waals surface area contributed by atoms with Gasteiger partial charge in [0.15, 0.2) is 6.29 Å². The van der Waals surface area contributed by atoms with Crippen LogP contribution in [-0.4, -0.2) is 26.9 Å². The summed E-state index contributed by atoms with van der Waals surface area (Å²) in [4.78, 5) is 0. The first kappa shape index (κ1) is 30.7. The van der Waals surface area contributed by atoms with Crippen molar-refractivity contribution in [2.75, 3.05) is 26.9 Å². The summed E-state index contributed by atoms with van der Waals surface area (Å²) >= 11 is 0. The molecule has 0 spiro atoms. The van der Waals surface area contributed by atoms with Crippen molar-refractivity contribution in [3.05, 3.63) is 107 Å². The second-order valence-electron chi connectivity index (χ2n) is 10.3. The monoisotopic (exact) mass is 604 g/mol. The molecule has 3 nitrogen and oxygen atoms in total. The van der Waals surface area contributed by atoms with Crippen LogP contribution >= 0.6 is 0 Å². The van der Waals surface area contributed by atoms with Gasteiger partial charge in [0.1, 0.15) is 23.3 Å². The Kier molecular flexibility index (Phi) is 9.19. The van der Waals surface area contributed by atoms with Crippen LogP contribution in [0.1, 0.15) is 30.3 Å². The van der Waals surface area contributed by atoms with Gasteiger partial charge in [-0.1, -0.05) is 42.5 Å². The summed E-state index contributed by atoms with van der Waals surface area (Å²) in [5.74, 6) is -3.52. The number of benzene rings is 4. The highest BCUT2D eigenvalue weighted by molar-refractivity contribution is 5.74. The lowest BCUT2D eigenvalue weighted by Gasteiger charge is -2.29. The van der Waals surface area contributed by atoms with Gasteiger partial charge >= 0.3 is 6.18 Å². The Morgan fingerprint density at radius 2 is 1.16 bits per heavy atom. The molecule has 0 aromatic heterocycles. The van der Waals surface area contributed by atoms with E-state index in [-0.39, 0.29) is 39.3 Å². The average Bonchev–Trinajstić information content (AvgIpc) is 2.97. The number of ether oxygens (including phenoxy) is 3. The van der Waals surface area contributed by atoms with Gasteiger partial charge in [-0.25, -0.2) is 17.6 Å². The minimum Gasteiger partial charge on any atom is -0.385 e. The fraction of sp³-hybridized carbons (Fsp3) is 0.273. The number of rotatable bonds is 8. The quantitative estimate of drug-likeness (QED) is 0.148.